The van der Waals surface area contributed by atoms with Gasteiger partial charge in [-0.3, -0.25) is 14.2 Å². The van der Waals surface area contributed by atoms with Crippen molar-refractivity contribution in [1.82, 2.24) is 24.8 Å². The van der Waals surface area contributed by atoms with Gasteiger partial charge in [0.15, 0.2) is 16.3 Å². The van der Waals surface area contributed by atoms with Gasteiger partial charge in [-0.2, -0.15) is 0 Å². The van der Waals surface area contributed by atoms with Crippen LogP contribution in [0, 0.1) is 0 Å². The van der Waals surface area contributed by atoms with E-state index in [1.807, 2.05) is 34.9 Å². The molecule has 0 saturated heterocycles. The molecule has 1 aromatic carbocycles. The second kappa shape index (κ2) is 7.33. The zero-order chi connectivity index (χ0) is 17.9. The molecule has 1 amide bonds. The summed E-state index contributed by atoms with van der Waals surface area (Å²) >= 11 is 1.31. The number of H-pyrrole nitrogens is 1. The van der Waals surface area contributed by atoms with E-state index in [0.29, 0.717) is 16.8 Å². The number of imidazole rings is 1. The Morgan fingerprint density at radius 1 is 1.27 bits per heavy atom. The van der Waals surface area contributed by atoms with Crippen molar-refractivity contribution in [3.05, 3.63) is 47.0 Å². The van der Waals surface area contributed by atoms with Gasteiger partial charge in [-0.05, 0) is 25.0 Å². The normalized spacial score (nSPS) is 14.8. The Labute approximate surface area is 154 Å². The highest BCUT2D eigenvalue weighted by Crippen LogP contribution is 2.25. The van der Waals surface area contributed by atoms with Gasteiger partial charge < -0.3 is 10.3 Å². The van der Waals surface area contributed by atoms with Crippen LogP contribution in [0.15, 0.2) is 46.6 Å². The van der Waals surface area contributed by atoms with Gasteiger partial charge in [0.25, 0.3) is 5.56 Å². The van der Waals surface area contributed by atoms with E-state index in [0.717, 1.165) is 18.5 Å². The number of fused-ring (bicyclic) bond motifs is 1. The number of rotatable bonds is 5. The monoisotopic (exact) mass is 369 g/mol. The number of carbonyl (C=O) groups excluding carboxylic acids is 1. The van der Waals surface area contributed by atoms with Crippen LogP contribution >= 0.6 is 11.8 Å². The maximum absolute atomic E-state index is 12.2. The van der Waals surface area contributed by atoms with Gasteiger partial charge in [-0.25, -0.2) is 9.97 Å². The maximum Gasteiger partial charge on any atom is 0.278 e. The first-order valence-electron chi connectivity index (χ1n) is 8.66. The third kappa shape index (κ3) is 3.37. The smallest absolute Gasteiger partial charge is 0.278 e. The predicted molar refractivity (Wildman–Crippen MR) is 101 cm³/mol. The topological polar surface area (TPSA) is 92.7 Å². The molecule has 3 aromatic rings. The summed E-state index contributed by atoms with van der Waals surface area (Å²) < 4.78 is 1.82. The minimum atomic E-state index is -0.290. The van der Waals surface area contributed by atoms with E-state index in [1.165, 1.54) is 30.9 Å². The SMILES string of the molecule is O=C(CSc1nc2c(=O)[nH]cnc2n1-c1ccccc1)NC1CCCC1. The van der Waals surface area contributed by atoms with Crippen LogP contribution in [0.5, 0.6) is 0 Å². The van der Waals surface area contributed by atoms with Crippen molar-refractivity contribution in [3.8, 4) is 5.69 Å². The van der Waals surface area contributed by atoms with E-state index in [1.54, 1.807) is 0 Å². The summed E-state index contributed by atoms with van der Waals surface area (Å²) in [4.78, 5) is 35.6. The van der Waals surface area contributed by atoms with E-state index >= 15 is 0 Å². The lowest BCUT2D eigenvalue weighted by Crippen LogP contribution is -2.33. The summed E-state index contributed by atoms with van der Waals surface area (Å²) in [6, 6.07) is 9.88. The molecule has 2 N–H and O–H groups in total. The van der Waals surface area contributed by atoms with Crippen LogP contribution in [0.1, 0.15) is 25.7 Å². The molecule has 0 spiro atoms. The van der Waals surface area contributed by atoms with Crippen molar-refractivity contribution in [2.75, 3.05) is 5.75 Å². The Bertz CT molecular complexity index is 976. The zero-order valence-corrected chi connectivity index (χ0v) is 15.0. The van der Waals surface area contributed by atoms with Crippen molar-refractivity contribution < 1.29 is 4.79 Å². The molecule has 0 unspecified atom stereocenters. The molecule has 7 nitrogen and oxygen atoms in total. The molecule has 1 aliphatic rings. The largest absolute Gasteiger partial charge is 0.353 e. The minimum absolute atomic E-state index is 0.00423. The van der Waals surface area contributed by atoms with Crippen LogP contribution in [-0.4, -0.2) is 37.2 Å². The molecule has 0 atom stereocenters. The number of thioether (sulfide) groups is 1. The van der Waals surface area contributed by atoms with Gasteiger partial charge in [0.2, 0.25) is 5.91 Å². The molecule has 26 heavy (non-hydrogen) atoms. The number of aromatic amines is 1. The summed E-state index contributed by atoms with van der Waals surface area (Å²) in [5.41, 5.74) is 1.32. The summed E-state index contributed by atoms with van der Waals surface area (Å²) in [7, 11) is 0. The van der Waals surface area contributed by atoms with Crippen molar-refractivity contribution in [2.24, 2.45) is 0 Å². The number of nitrogens with one attached hydrogen (secondary N) is 2. The number of hydrogen-bond acceptors (Lipinski definition) is 5. The number of aromatic nitrogens is 4. The Balaban J connectivity index is 1.62. The quantitative estimate of drug-likeness (QED) is 0.673. The molecule has 4 rings (SSSR count). The number of benzene rings is 1. The lowest BCUT2D eigenvalue weighted by Gasteiger charge is -2.12. The fourth-order valence-corrected chi connectivity index (χ4v) is 4.08. The molecular weight excluding hydrogens is 350 g/mol. The third-order valence-electron chi connectivity index (χ3n) is 4.49. The number of hydrogen-bond donors (Lipinski definition) is 2. The zero-order valence-electron chi connectivity index (χ0n) is 14.1. The minimum Gasteiger partial charge on any atom is -0.353 e. The summed E-state index contributed by atoms with van der Waals surface area (Å²) in [5, 5.41) is 3.65. The van der Waals surface area contributed by atoms with Crippen LogP contribution in [0.25, 0.3) is 16.9 Å². The molecule has 8 heteroatoms. The Kier molecular flexibility index (Phi) is 4.75. The molecule has 1 aliphatic carbocycles. The number of carbonyl (C=O) groups is 1. The average molecular weight is 369 g/mol. The van der Waals surface area contributed by atoms with Gasteiger partial charge in [0, 0.05) is 11.7 Å². The Hall–Kier alpha value is -2.61. The molecule has 1 saturated carbocycles. The molecular formula is C18H19N5O2S. The molecule has 2 aromatic heterocycles. The number of amides is 1. The van der Waals surface area contributed by atoms with Crippen LogP contribution in [0.4, 0.5) is 0 Å². The summed E-state index contributed by atoms with van der Waals surface area (Å²) in [6.45, 7) is 0. The number of nitrogens with zero attached hydrogens (tertiary/aromatic N) is 3. The fourth-order valence-electron chi connectivity index (χ4n) is 3.26. The molecule has 1 fully saturated rings. The second-order valence-electron chi connectivity index (χ2n) is 6.31. The van der Waals surface area contributed by atoms with E-state index in [2.05, 4.69) is 20.3 Å². The van der Waals surface area contributed by atoms with Gasteiger partial charge >= 0.3 is 0 Å². The lowest BCUT2D eigenvalue weighted by atomic mass is 10.2. The van der Waals surface area contributed by atoms with Gasteiger partial charge in [-0.1, -0.05) is 42.8 Å². The highest BCUT2D eigenvalue weighted by atomic mass is 32.2. The van der Waals surface area contributed by atoms with Crippen molar-refractivity contribution in [3.63, 3.8) is 0 Å². The van der Waals surface area contributed by atoms with Crippen LogP contribution in [-0.2, 0) is 4.79 Å². The van der Waals surface area contributed by atoms with E-state index in [-0.39, 0.29) is 22.7 Å². The molecule has 0 radical (unpaired) electrons. The van der Waals surface area contributed by atoms with Crippen LogP contribution in [0.2, 0.25) is 0 Å². The summed E-state index contributed by atoms with van der Waals surface area (Å²) in [6.07, 6.45) is 5.83. The molecule has 2 heterocycles. The number of para-hydroxylation sites is 1. The molecule has 0 bridgehead atoms. The van der Waals surface area contributed by atoms with Gasteiger partial charge in [0.1, 0.15) is 0 Å². The average Bonchev–Trinajstić information content (AvgIpc) is 3.29. The van der Waals surface area contributed by atoms with E-state index in [4.69, 9.17) is 0 Å². The first-order chi connectivity index (χ1) is 12.7. The van der Waals surface area contributed by atoms with Crippen LogP contribution in [0.3, 0.4) is 0 Å². The maximum atomic E-state index is 12.2. The third-order valence-corrected chi connectivity index (χ3v) is 5.43. The van der Waals surface area contributed by atoms with Crippen LogP contribution < -0.4 is 10.9 Å². The standard InChI is InChI=1S/C18H19N5O2S/c24-14(21-12-6-4-5-7-12)10-26-18-22-15-16(19-11-20-17(15)25)23(18)13-8-2-1-3-9-13/h1-3,8-9,11-12H,4-7,10H2,(H,21,24)(H,19,20,25). The van der Waals surface area contributed by atoms with Crippen molar-refractivity contribution in [2.45, 2.75) is 36.9 Å². The first kappa shape index (κ1) is 16.8. The lowest BCUT2D eigenvalue weighted by molar-refractivity contribution is -0.119. The second-order valence-corrected chi connectivity index (χ2v) is 7.25. The Morgan fingerprint density at radius 2 is 2.04 bits per heavy atom. The highest BCUT2D eigenvalue weighted by molar-refractivity contribution is 7.99. The molecule has 134 valence electrons. The highest BCUT2D eigenvalue weighted by Gasteiger charge is 2.20. The van der Waals surface area contributed by atoms with E-state index < -0.39 is 0 Å². The summed E-state index contributed by atoms with van der Waals surface area (Å²) in [5.74, 6) is 0.250. The van der Waals surface area contributed by atoms with Gasteiger partial charge in [0.05, 0.1) is 12.1 Å². The Morgan fingerprint density at radius 3 is 2.81 bits per heavy atom. The fraction of sp³-hybridized carbons (Fsp3) is 0.333. The predicted octanol–water partition coefficient (Wildman–Crippen LogP) is 2.26. The molecule has 0 aliphatic heterocycles. The van der Waals surface area contributed by atoms with Gasteiger partial charge in [-0.15, -0.1) is 0 Å². The van der Waals surface area contributed by atoms with Crippen molar-refractivity contribution in [1.29, 1.82) is 0 Å². The van der Waals surface area contributed by atoms with E-state index in [9.17, 15) is 9.59 Å². The van der Waals surface area contributed by atoms with Crippen molar-refractivity contribution >= 4 is 28.8 Å². The first-order valence-corrected chi connectivity index (χ1v) is 9.64.